The molecule has 1 N–H and O–H groups in total. The second-order valence-corrected chi connectivity index (χ2v) is 6.18. The molecule has 0 saturated heterocycles. The predicted molar refractivity (Wildman–Crippen MR) is 102 cm³/mol. The standard InChI is InChI=1S/C21H21N3O2/c1-16-7-9-17(10-8-16)13-20(25)22-11-12-24-15-23-19(14-21(24)26)18-5-3-2-4-6-18/h2-10,14-15H,11-13H2,1H3,(H,22,25). The number of aryl methyl sites for hydroxylation is 1. The highest BCUT2D eigenvalue weighted by Crippen LogP contribution is 2.13. The third-order valence-corrected chi connectivity index (χ3v) is 4.11. The van der Waals surface area contributed by atoms with E-state index in [1.165, 1.54) is 22.5 Å². The van der Waals surface area contributed by atoms with E-state index < -0.39 is 0 Å². The highest BCUT2D eigenvalue weighted by molar-refractivity contribution is 5.78. The maximum atomic E-state index is 12.2. The van der Waals surface area contributed by atoms with E-state index in [4.69, 9.17) is 0 Å². The first-order chi connectivity index (χ1) is 12.6. The summed E-state index contributed by atoms with van der Waals surface area (Å²) in [4.78, 5) is 28.6. The van der Waals surface area contributed by atoms with Crippen LogP contribution in [0.25, 0.3) is 11.3 Å². The first kappa shape index (κ1) is 17.6. The SMILES string of the molecule is Cc1ccc(CC(=O)NCCn2cnc(-c3ccccc3)cc2=O)cc1. The molecule has 0 unspecified atom stereocenters. The zero-order chi connectivity index (χ0) is 18.4. The maximum Gasteiger partial charge on any atom is 0.253 e. The van der Waals surface area contributed by atoms with Crippen LogP contribution in [-0.4, -0.2) is 22.0 Å². The minimum Gasteiger partial charge on any atom is -0.354 e. The van der Waals surface area contributed by atoms with Gasteiger partial charge in [-0.05, 0) is 12.5 Å². The van der Waals surface area contributed by atoms with Crippen molar-refractivity contribution in [3.63, 3.8) is 0 Å². The number of amides is 1. The van der Waals surface area contributed by atoms with Gasteiger partial charge in [-0.1, -0.05) is 60.2 Å². The Bertz CT molecular complexity index is 931. The summed E-state index contributed by atoms with van der Waals surface area (Å²) in [5, 5.41) is 2.84. The molecule has 0 fully saturated rings. The molecule has 0 saturated carbocycles. The van der Waals surface area contributed by atoms with Crippen molar-refractivity contribution in [1.82, 2.24) is 14.9 Å². The van der Waals surface area contributed by atoms with Crippen molar-refractivity contribution in [2.45, 2.75) is 19.9 Å². The van der Waals surface area contributed by atoms with Crippen molar-refractivity contribution in [2.75, 3.05) is 6.54 Å². The molecule has 0 aliphatic rings. The summed E-state index contributed by atoms with van der Waals surface area (Å²) in [6.45, 7) is 2.79. The van der Waals surface area contributed by atoms with E-state index in [-0.39, 0.29) is 11.5 Å². The predicted octanol–water partition coefficient (Wildman–Crippen LogP) is 2.58. The quantitative estimate of drug-likeness (QED) is 0.745. The van der Waals surface area contributed by atoms with Gasteiger partial charge >= 0.3 is 0 Å². The van der Waals surface area contributed by atoms with Crippen LogP contribution in [0.2, 0.25) is 0 Å². The van der Waals surface area contributed by atoms with Gasteiger partial charge in [-0.15, -0.1) is 0 Å². The van der Waals surface area contributed by atoms with Crippen molar-refractivity contribution in [3.8, 4) is 11.3 Å². The number of hydrogen-bond donors (Lipinski definition) is 1. The van der Waals surface area contributed by atoms with Crippen LogP contribution in [0.1, 0.15) is 11.1 Å². The number of hydrogen-bond acceptors (Lipinski definition) is 3. The van der Waals surface area contributed by atoms with E-state index in [0.717, 1.165) is 11.1 Å². The molecular formula is C21H21N3O2. The zero-order valence-corrected chi connectivity index (χ0v) is 14.7. The van der Waals surface area contributed by atoms with Gasteiger partial charge in [-0.25, -0.2) is 4.98 Å². The van der Waals surface area contributed by atoms with Crippen LogP contribution in [0.4, 0.5) is 0 Å². The average Bonchev–Trinajstić information content (AvgIpc) is 2.65. The molecule has 1 aromatic heterocycles. The number of nitrogens with zero attached hydrogens (tertiary/aromatic N) is 2. The molecule has 0 atom stereocenters. The molecule has 1 heterocycles. The number of benzene rings is 2. The molecule has 0 bridgehead atoms. The van der Waals surface area contributed by atoms with Crippen molar-refractivity contribution >= 4 is 5.91 Å². The van der Waals surface area contributed by atoms with E-state index >= 15 is 0 Å². The maximum absolute atomic E-state index is 12.2. The lowest BCUT2D eigenvalue weighted by Crippen LogP contribution is -2.31. The summed E-state index contributed by atoms with van der Waals surface area (Å²) in [5.41, 5.74) is 3.56. The lowest BCUT2D eigenvalue weighted by Gasteiger charge is -2.08. The van der Waals surface area contributed by atoms with Crippen LogP contribution >= 0.6 is 0 Å². The Morgan fingerprint density at radius 2 is 1.81 bits per heavy atom. The van der Waals surface area contributed by atoms with Crippen molar-refractivity contribution in [1.29, 1.82) is 0 Å². The van der Waals surface area contributed by atoms with Crippen LogP contribution in [0.15, 0.2) is 71.8 Å². The van der Waals surface area contributed by atoms with E-state index in [0.29, 0.717) is 25.2 Å². The molecule has 132 valence electrons. The fraction of sp³-hybridized carbons (Fsp3) is 0.190. The first-order valence-corrected chi connectivity index (χ1v) is 8.56. The Balaban J connectivity index is 1.54. The highest BCUT2D eigenvalue weighted by Gasteiger charge is 2.05. The molecule has 3 rings (SSSR count). The van der Waals surface area contributed by atoms with E-state index in [2.05, 4.69) is 10.3 Å². The number of carbonyl (C=O) groups excluding carboxylic acids is 1. The molecule has 5 nitrogen and oxygen atoms in total. The van der Waals surface area contributed by atoms with Gasteiger partial charge in [0.25, 0.3) is 5.56 Å². The zero-order valence-electron chi connectivity index (χ0n) is 14.7. The fourth-order valence-corrected chi connectivity index (χ4v) is 2.63. The van der Waals surface area contributed by atoms with Gasteiger partial charge in [0.1, 0.15) is 0 Å². The Hall–Kier alpha value is -3.21. The third-order valence-electron chi connectivity index (χ3n) is 4.11. The summed E-state index contributed by atoms with van der Waals surface area (Å²) in [5.74, 6) is -0.0595. The largest absolute Gasteiger partial charge is 0.354 e. The lowest BCUT2D eigenvalue weighted by atomic mass is 10.1. The summed E-state index contributed by atoms with van der Waals surface area (Å²) >= 11 is 0. The van der Waals surface area contributed by atoms with Gasteiger partial charge in [0.05, 0.1) is 18.4 Å². The van der Waals surface area contributed by atoms with Crippen molar-refractivity contribution < 1.29 is 4.79 Å². The van der Waals surface area contributed by atoms with Gasteiger partial charge in [0.15, 0.2) is 0 Å². The summed E-state index contributed by atoms with van der Waals surface area (Å²) in [6, 6.07) is 19.0. The Morgan fingerprint density at radius 1 is 1.08 bits per heavy atom. The number of rotatable bonds is 6. The van der Waals surface area contributed by atoms with Gasteiger partial charge in [0.2, 0.25) is 5.91 Å². The normalized spacial score (nSPS) is 10.5. The summed E-state index contributed by atoms with van der Waals surface area (Å²) < 4.78 is 1.50. The monoisotopic (exact) mass is 347 g/mol. The molecule has 0 spiro atoms. The number of nitrogens with one attached hydrogen (secondary N) is 1. The van der Waals surface area contributed by atoms with Gasteiger partial charge in [0, 0.05) is 24.7 Å². The smallest absolute Gasteiger partial charge is 0.253 e. The van der Waals surface area contributed by atoms with Gasteiger partial charge in [-0.2, -0.15) is 0 Å². The minimum absolute atomic E-state index is 0.0595. The van der Waals surface area contributed by atoms with Gasteiger partial charge in [-0.3, -0.25) is 14.2 Å². The van der Waals surface area contributed by atoms with E-state index in [9.17, 15) is 9.59 Å². The van der Waals surface area contributed by atoms with Crippen LogP contribution in [-0.2, 0) is 17.8 Å². The Labute approximate surface area is 152 Å². The second-order valence-electron chi connectivity index (χ2n) is 6.18. The average molecular weight is 347 g/mol. The number of carbonyl (C=O) groups is 1. The summed E-state index contributed by atoms with van der Waals surface area (Å²) in [7, 11) is 0. The molecule has 1 amide bonds. The van der Waals surface area contributed by atoms with E-state index in [1.807, 2.05) is 61.5 Å². The summed E-state index contributed by atoms with van der Waals surface area (Å²) in [6.07, 6.45) is 1.86. The molecule has 3 aromatic rings. The van der Waals surface area contributed by atoms with E-state index in [1.54, 1.807) is 0 Å². The highest BCUT2D eigenvalue weighted by atomic mass is 16.1. The minimum atomic E-state index is -0.133. The molecule has 0 aliphatic carbocycles. The van der Waals surface area contributed by atoms with Crippen LogP contribution in [0, 0.1) is 6.92 Å². The molecule has 0 aliphatic heterocycles. The first-order valence-electron chi connectivity index (χ1n) is 8.56. The topological polar surface area (TPSA) is 64.0 Å². The molecule has 0 radical (unpaired) electrons. The fourth-order valence-electron chi connectivity index (χ4n) is 2.63. The molecule has 26 heavy (non-hydrogen) atoms. The second kappa shape index (κ2) is 8.25. The van der Waals surface area contributed by atoms with Crippen LogP contribution in [0.5, 0.6) is 0 Å². The van der Waals surface area contributed by atoms with Gasteiger partial charge < -0.3 is 5.32 Å². The van der Waals surface area contributed by atoms with Crippen molar-refractivity contribution in [2.24, 2.45) is 0 Å². The van der Waals surface area contributed by atoms with Crippen molar-refractivity contribution in [3.05, 3.63) is 88.5 Å². The Morgan fingerprint density at radius 3 is 2.50 bits per heavy atom. The lowest BCUT2D eigenvalue weighted by molar-refractivity contribution is -0.120. The number of aromatic nitrogens is 2. The molecule has 2 aromatic carbocycles. The Kier molecular flexibility index (Phi) is 5.59. The molecule has 5 heteroatoms. The van der Waals surface area contributed by atoms with Crippen LogP contribution in [0.3, 0.4) is 0 Å². The van der Waals surface area contributed by atoms with Crippen LogP contribution < -0.4 is 10.9 Å². The molecular weight excluding hydrogens is 326 g/mol. The third kappa shape index (κ3) is 4.66.